The monoisotopic (exact) mass is 401 g/mol. The van der Waals surface area contributed by atoms with Crippen molar-refractivity contribution in [3.63, 3.8) is 0 Å². The number of aromatic nitrogens is 3. The average Bonchev–Trinajstić information content (AvgIpc) is 3.17. The third-order valence-electron chi connectivity index (χ3n) is 3.60. The summed E-state index contributed by atoms with van der Waals surface area (Å²) in [7, 11) is 1.94. The van der Waals surface area contributed by atoms with E-state index in [4.69, 9.17) is 9.84 Å². The molecule has 8 heteroatoms. The van der Waals surface area contributed by atoms with E-state index in [9.17, 15) is 4.79 Å². The van der Waals surface area contributed by atoms with Gasteiger partial charge in [0.2, 0.25) is 5.16 Å². The van der Waals surface area contributed by atoms with Crippen molar-refractivity contribution in [2.75, 3.05) is 12.8 Å². The predicted molar refractivity (Wildman–Crippen MR) is 110 cm³/mol. The summed E-state index contributed by atoms with van der Waals surface area (Å²) in [5.74, 6) is 1.15. The van der Waals surface area contributed by atoms with Crippen LogP contribution in [-0.4, -0.2) is 39.1 Å². The topological polar surface area (TPSA) is 105 Å². The molecule has 1 heterocycles. The second-order valence-electron chi connectivity index (χ2n) is 5.61. The molecule has 2 aromatic carbocycles. The zero-order chi connectivity index (χ0) is 20.5. The lowest BCUT2D eigenvalue weighted by atomic mass is 10.1. The molecule has 0 aliphatic heterocycles. The summed E-state index contributed by atoms with van der Waals surface area (Å²) in [6.45, 7) is 6.02. The van der Waals surface area contributed by atoms with E-state index in [1.54, 1.807) is 0 Å². The summed E-state index contributed by atoms with van der Waals surface area (Å²) < 4.78 is 6.00. The van der Waals surface area contributed by atoms with Gasteiger partial charge in [0, 0.05) is 11.6 Å². The number of aryl methyl sites for hydroxylation is 1. The number of rotatable bonds is 7. The highest BCUT2D eigenvalue weighted by atomic mass is 32.2. The first-order chi connectivity index (χ1) is 13.5. The minimum atomic E-state index is -0.901. The van der Waals surface area contributed by atoms with Gasteiger partial charge in [-0.05, 0) is 36.8 Å². The fraction of sp³-hybridized carbons (Fsp3) is 0.250. The van der Waals surface area contributed by atoms with Gasteiger partial charge in [-0.15, -0.1) is 5.10 Å². The molecule has 148 valence electrons. The van der Waals surface area contributed by atoms with Crippen molar-refractivity contribution in [1.29, 1.82) is 0 Å². The third kappa shape index (κ3) is 5.83. The van der Waals surface area contributed by atoms with Gasteiger partial charge in [0.1, 0.15) is 5.75 Å². The molecule has 7 nitrogen and oxygen atoms in total. The Labute approximate surface area is 168 Å². The maximum Gasteiger partial charge on any atom is 0.313 e. The van der Waals surface area contributed by atoms with Crippen molar-refractivity contribution in [2.24, 2.45) is 0 Å². The summed E-state index contributed by atoms with van der Waals surface area (Å²) in [6, 6.07) is 13.6. The van der Waals surface area contributed by atoms with E-state index in [1.807, 2.05) is 75.6 Å². The molecule has 0 atom stereocenters. The Kier molecular flexibility index (Phi) is 8.03. The van der Waals surface area contributed by atoms with Gasteiger partial charge in [0.25, 0.3) is 0 Å². The number of carbonyl (C=O) groups is 1. The molecule has 0 saturated carbocycles. The van der Waals surface area contributed by atoms with Crippen LogP contribution in [0.1, 0.15) is 19.4 Å². The Morgan fingerprint density at radius 3 is 2.71 bits per heavy atom. The molecule has 1 aromatic heterocycles. The fourth-order valence-corrected chi connectivity index (χ4v) is 2.91. The number of H-pyrrole nitrogens is 1. The van der Waals surface area contributed by atoms with Crippen LogP contribution in [0.15, 0.2) is 47.6 Å². The van der Waals surface area contributed by atoms with E-state index in [0.29, 0.717) is 11.0 Å². The summed E-state index contributed by atoms with van der Waals surface area (Å²) in [5, 5.41) is 18.0. The van der Waals surface area contributed by atoms with Crippen LogP contribution in [0.2, 0.25) is 0 Å². The number of nitrogens with zero attached hydrogens (tertiary/aromatic N) is 2. The minimum Gasteiger partial charge on any atom is -0.481 e. The Balaban J connectivity index is 0.00000136. The Morgan fingerprint density at radius 2 is 2.04 bits per heavy atom. The largest absolute Gasteiger partial charge is 0.481 e. The molecule has 0 aliphatic carbocycles. The number of aliphatic carboxylic acids is 1. The van der Waals surface area contributed by atoms with Gasteiger partial charge in [-0.1, -0.05) is 37.7 Å². The lowest BCUT2D eigenvalue weighted by molar-refractivity contribution is -0.539. The Bertz CT molecular complexity index is 927. The van der Waals surface area contributed by atoms with Crippen molar-refractivity contribution in [3.05, 3.63) is 48.0 Å². The second kappa shape index (κ2) is 10.5. The number of ether oxygens (including phenoxy) is 1. The summed E-state index contributed by atoms with van der Waals surface area (Å²) in [4.78, 5) is 15.0. The van der Waals surface area contributed by atoms with E-state index >= 15 is 0 Å². The zero-order valence-corrected chi connectivity index (χ0v) is 17.2. The first-order valence-electron chi connectivity index (χ1n) is 9.00. The summed E-state index contributed by atoms with van der Waals surface area (Å²) >= 11 is 1.07. The summed E-state index contributed by atoms with van der Waals surface area (Å²) in [6.07, 6.45) is 0. The smallest absolute Gasteiger partial charge is 0.313 e. The molecule has 4 N–H and O–H groups in total. The maximum absolute atomic E-state index is 10.6. The molecule has 0 bridgehead atoms. The van der Waals surface area contributed by atoms with Gasteiger partial charge in [-0.25, -0.2) is 4.98 Å². The fourth-order valence-electron chi connectivity index (χ4n) is 2.39. The Hall–Kier alpha value is -2.84. The second-order valence-corrected chi connectivity index (χ2v) is 6.55. The molecular formula is C20H25N4O3S+. The van der Waals surface area contributed by atoms with Gasteiger partial charge < -0.3 is 15.2 Å². The molecule has 0 spiro atoms. The highest BCUT2D eigenvalue weighted by Crippen LogP contribution is 2.31. The maximum atomic E-state index is 10.6. The lowest BCUT2D eigenvalue weighted by Gasteiger charge is -2.09. The van der Waals surface area contributed by atoms with Crippen LogP contribution < -0.4 is 10.1 Å². The average molecular weight is 402 g/mol. The van der Waals surface area contributed by atoms with Crippen LogP contribution in [0, 0.1) is 6.92 Å². The highest BCUT2D eigenvalue weighted by Gasteiger charge is 2.13. The quantitative estimate of drug-likeness (QED) is 0.413. The van der Waals surface area contributed by atoms with Crippen LogP contribution >= 0.6 is 11.8 Å². The SMILES string of the molecule is CC.C[NH2+]c1cc(-c2nc(SCC(=O)O)n[nH]2)ccc1Oc1cccc(C)c1. The Morgan fingerprint density at radius 1 is 1.25 bits per heavy atom. The number of hydrogen-bond acceptors (Lipinski definition) is 5. The van der Waals surface area contributed by atoms with Gasteiger partial charge >= 0.3 is 5.97 Å². The van der Waals surface area contributed by atoms with Gasteiger partial charge in [-0.3, -0.25) is 9.89 Å². The van der Waals surface area contributed by atoms with Crippen molar-refractivity contribution in [2.45, 2.75) is 25.9 Å². The minimum absolute atomic E-state index is 0.0748. The van der Waals surface area contributed by atoms with Crippen molar-refractivity contribution in [3.8, 4) is 22.9 Å². The number of thioether (sulfide) groups is 1. The molecule has 0 amide bonds. The number of quaternary nitrogens is 1. The first-order valence-corrected chi connectivity index (χ1v) is 9.99. The molecule has 3 rings (SSSR count). The molecule has 0 radical (unpaired) electrons. The molecule has 0 fully saturated rings. The number of hydrogen-bond donors (Lipinski definition) is 3. The lowest BCUT2D eigenvalue weighted by Crippen LogP contribution is -2.72. The van der Waals surface area contributed by atoms with Crippen LogP contribution in [0.3, 0.4) is 0 Å². The zero-order valence-electron chi connectivity index (χ0n) is 16.4. The van der Waals surface area contributed by atoms with E-state index in [-0.39, 0.29) is 5.75 Å². The first kappa shape index (κ1) is 21.5. The molecule has 3 aromatic rings. The molecule has 0 unspecified atom stereocenters. The van der Waals surface area contributed by atoms with E-state index in [2.05, 4.69) is 15.2 Å². The molecule has 28 heavy (non-hydrogen) atoms. The van der Waals surface area contributed by atoms with Crippen molar-refractivity contribution < 1.29 is 20.0 Å². The number of nitrogens with one attached hydrogen (secondary N) is 1. The third-order valence-corrected chi connectivity index (χ3v) is 4.43. The number of benzene rings is 2. The number of carboxylic acids is 1. The van der Waals surface area contributed by atoms with E-state index < -0.39 is 5.97 Å². The van der Waals surface area contributed by atoms with E-state index in [1.165, 1.54) is 0 Å². The van der Waals surface area contributed by atoms with Gasteiger partial charge in [-0.2, -0.15) is 0 Å². The molecule has 0 saturated heterocycles. The van der Waals surface area contributed by atoms with E-state index in [0.717, 1.165) is 40.1 Å². The van der Waals surface area contributed by atoms with Crippen molar-refractivity contribution in [1.82, 2.24) is 15.2 Å². The number of aromatic amines is 1. The van der Waals surface area contributed by atoms with Crippen molar-refractivity contribution >= 4 is 23.4 Å². The van der Waals surface area contributed by atoms with Crippen LogP contribution in [0.25, 0.3) is 11.4 Å². The number of nitrogens with two attached hydrogens (primary N) is 1. The molecular weight excluding hydrogens is 376 g/mol. The van der Waals surface area contributed by atoms with Gasteiger partial charge in [0.05, 0.1) is 12.8 Å². The van der Waals surface area contributed by atoms with Crippen LogP contribution in [0.5, 0.6) is 11.5 Å². The van der Waals surface area contributed by atoms with Gasteiger partial charge in [0.15, 0.2) is 17.3 Å². The van der Waals surface area contributed by atoms with Crippen LogP contribution in [-0.2, 0) is 4.79 Å². The summed E-state index contributed by atoms with van der Waals surface area (Å²) in [5.41, 5.74) is 2.92. The van der Waals surface area contributed by atoms with Crippen LogP contribution in [0.4, 0.5) is 5.69 Å². The highest BCUT2D eigenvalue weighted by molar-refractivity contribution is 7.99. The normalized spacial score (nSPS) is 10.1. The standard InChI is InChI=1S/C18H18N4O3S.C2H6/c1-11-4-3-5-13(8-11)25-15-7-6-12(9-14(15)19-2)17-20-18(22-21-17)26-10-16(23)24;1-2/h3-9,19H,10H2,1-2H3,(H,23,24)(H,20,21,22);1-2H3/p+1. The predicted octanol–water partition coefficient (Wildman–Crippen LogP) is 3.60. The molecule has 0 aliphatic rings. The number of carboxylic acid groups (broad SMARTS) is 1.